The summed E-state index contributed by atoms with van der Waals surface area (Å²) >= 11 is 0. The van der Waals surface area contributed by atoms with E-state index in [1.54, 1.807) is 6.92 Å². The van der Waals surface area contributed by atoms with E-state index in [0.717, 1.165) is 19.3 Å². The summed E-state index contributed by atoms with van der Waals surface area (Å²) in [5.74, 6) is -1.05. The average Bonchev–Trinajstić information content (AvgIpc) is 3.00. The van der Waals surface area contributed by atoms with E-state index in [1.807, 2.05) is 0 Å². The lowest BCUT2D eigenvalue weighted by atomic mass is 9.95. The van der Waals surface area contributed by atoms with Crippen molar-refractivity contribution >= 4 is 11.9 Å². The molecule has 5 heteroatoms. The number of nitrogens with one attached hydrogen (secondary N) is 1. The summed E-state index contributed by atoms with van der Waals surface area (Å²) in [4.78, 5) is 22.7. The Balaban J connectivity index is 2.43. The molecule has 5 nitrogen and oxygen atoms in total. The molecular weight excluding hydrogens is 208 g/mol. The largest absolute Gasteiger partial charge is 0.480 e. The van der Waals surface area contributed by atoms with Crippen LogP contribution in [0.4, 0.5) is 0 Å². The molecule has 0 aliphatic heterocycles. The van der Waals surface area contributed by atoms with Gasteiger partial charge in [-0.3, -0.25) is 4.79 Å². The summed E-state index contributed by atoms with van der Waals surface area (Å²) in [6.45, 7) is 2.15. The minimum Gasteiger partial charge on any atom is -0.480 e. The number of hydrogen-bond donors (Lipinski definition) is 3. The van der Waals surface area contributed by atoms with E-state index < -0.39 is 11.5 Å². The van der Waals surface area contributed by atoms with E-state index in [4.69, 9.17) is 10.8 Å². The molecule has 0 heterocycles. The SMILES string of the molecule is CC(NC(=O)CCCCN)(C(=O)O)C1CC1. The van der Waals surface area contributed by atoms with Gasteiger partial charge in [0.1, 0.15) is 5.54 Å². The number of carbonyl (C=O) groups excluding carboxylic acids is 1. The van der Waals surface area contributed by atoms with Gasteiger partial charge in [-0.25, -0.2) is 4.79 Å². The molecule has 1 fully saturated rings. The molecule has 1 saturated carbocycles. The van der Waals surface area contributed by atoms with E-state index in [0.29, 0.717) is 19.4 Å². The van der Waals surface area contributed by atoms with Gasteiger partial charge in [-0.15, -0.1) is 0 Å². The first-order chi connectivity index (χ1) is 7.50. The van der Waals surface area contributed by atoms with Crippen molar-refractivity contribution in [1.82, 2.24) is 5.32 Å². The fraction of sp³-hybridized carbons (Fsp3) is 0.818. The van der Waals surface area contributed by atoms with Crippen LogP contribution >= 0.6 is 0 Å². The van der Waals surface area contributed by atoms with Gasteiger partial charge in [-0.2, -0.15) is 0 Å². The topological polar surface area (TPSA) is 92.4 Å². The molecule has 16 heavy (non-hydrogen) atoms. The first-order valence-corrected chi connectivity index (χ1v) is 5.75. The van der Waals surface area contributed by atoms with Gasteiger partial charge in [-0.05, 0) is 45.1 Å². The van der Waals surface area contributed by atoms with Crippen LogP contribution in [-0.4, -0.2) is 29.1 Å². The maximum absolute atomic E-state index is 11.6. The highest BCUT2D eigenvalue weighted by Gasteiger charge is 2.48. The lowest BCUT2D eigenvalue weighted by Gasteiger charge is -2.26. The number of carboxylic acids is 1. The number of aliphatic carboxylic acids is 1. The maximum atomic E-state index is 11.6. The van der Waals surface area contributed by atoms with Crippen LogP contribution in [0.1, 0.15) is 39.0 Å². The summed E-state index contributed by atoms with van der Waals surface area (Å²) in [5, 5.41) is 11.8. The van der Waals surface area contributed by atoms with Crippen LogP contribution in [0.25, 0.3) is 0 Å². The van der Waals surface area contributed by atoms with Crippen LogP contribution in [-0.2, 0) is 9.59 Å². The van der Waals surface area contributed by atoms with Gasteiger partial charge in [-0.1, -0.05) is 0 Å². The molecule has 1 unspecified atom stereocenters. The van der Waals surface area contributed by atoms with E-state index in [1.165, 1.54) is 0 Å². The Morgan fingerprint density at radius 3 is 2.50 bits per heavy atom. The lowest BCUT2D eigenvalue weighted by Crippen LogP contribution is -2.53. The quantitative estimate of drug-likeness (QED) is 0.553. The van der Waals surface area contributed by atoms with Gasteiger partial charge < -0.3 is 16.2 Å². The van der Waals surface area contributed by atoms with Crippen molar-refractivity contribution in [1.29, 1.82) is 0 Å². The highest BCUT2D eigenvalue weighted by Crippen LogP contribution is 2.39. The Morgan fingerprint density at radius 1 is 1.44 bits per heavy atom. The number of amides is 1. The van der Waals surface area contributed by atoms with Crippen molar-refractivity contribution in [2.75, 3.05) is 6.54 Å². The molecule has 0 radical (unpaired) electrons. The number of carboxylic acid groups (broad SMARTS) is 1. The molecule has 4 N–H and O–H groups in total. The highest BCUT2D eigenvalue weighted by atomic mass is 16.4. The molecular formula is C11H20N2O3. The third-order valence-corrected chi connectivity index (χ3v) is 3.10. The first-order valence-electron chi connectivity index (χ1n) is 5.75. The van der Waals surface area contributed by atoms with E-state index in [9.17, 15) is 9.59 Å². The summed E-state index contributed by atoms with van der Waals surface area (Å²) in [6, 6.07) is 0. The summed E-state index contributed by atoms with van der Waals surface area (Å²) in [5.41, 5.74) is 4.24. The molecule has 0 spiro atoms. The van der Waals surface area contributed by atoms with Crippen molar-refractivity contribution in [2.45, 2.75) is 44.6 Å². The molecule has 0 saturated heterocycles. The van der Waals surface area contributed by atoms with Crippen LogP contribution < -0.4 is 11.1 Å². The molecule has 1 amide bonds. The van der Waals surface area contributed by atoms with Crippen molar-refractivity contribution in [3.05, 3.63) is 0 Å². The number of rotatable bonds is 7. The standard InChI is InChI=1S/C11H20N2O3/c1-11(10(15)16,8-5-6-8)13-9(14)4-2-3-7-12/h8H,2-7,12H2,1H3,(H,13,14)(H,15,16). The zero-order chi connectivity index (χ0) is 12.2. The Kier molecular flexibility index (Phi) is 4.29. The van der Waals surface area contributed by atoms with Gasteiger partial charge in [0, 0.05) is 6.42 Å². The normalized spacial score (nSPS) is 18.9. The molecule has 92 valence electrons. The third-order valence-electron chi connectivity index (χ3n) is 3.10. The zero-order valence-corrected chi connectivity index (χ0v) is 9.66. The van der Waals surface area contributed by atoms with E-state index >= 15 is 0 Å². The molecule has 1 rings (SSSR count). The van der Waals surface area contributed by atoms with Gasteiger partial charge >= 0.3 is 5.97 Å². The monoisotopic (exact) mass is 228 g/mol. The number of hydrogen-bond acceptors (Lipinski definition) is 3. The van der Waals surface area contributed by atoms with Gasteiger partial charge in [0.15, 0.2) is 0 Å². The Morgan fingerprint density at radius 2 is 2.06 bits per heavy atom. The molecule has 0 aromatic rings. The van der Waals surface area contributed by atoms with Gasteiger partial charge in [0.2, 0.25) is 5.91 Å². The predicted molar refractivity (Wildman–Crippen MR) is 59.8 cm³/mol. The summed E-state index contributed by atoms with van der Waals surface area (Å²) in [6.07, 6.45) is 3.62. The molecule has 0 bridgehead atoms. The highest BCUT2D eigenvalue weighted by molar-refractivity contribution is 5.87. The van der Waals surface area contributed by atoms with Crippen LogP contribution in [0.2, 0.25) is 0 Å². The Labute approximate surface area is 95.4 Å². The fourth-order valence-corrected chi connectivity index (χ4v) is 1.77. The number of nitrogens with two attached hydrogens (primary N) is 1. The minimum atomic E-state index is -1.08. The molecule has 1 aliphatic carbocycles. The first kappa shape index (κ1) is 13.0. The second kappa shape index (κ2) is 5.30. The second-order valence-corrected chi connectivity index (χ2v) is 4.58. The van der Waals surface area contributed by atoms with Crippen molar-refractivity contribution in [3.8, 4) is 0 Å². The van der Waals surface area contributed by atoms with E-state index in [-0.39, 0.29) is 11.8 Å². The molecule has 1 aliphatic rings. The van der Waals surface area contributed by atoms with Gasteiger partial charge in [0.05, 0.1) is 0 Å². The summed E-state index contributed by atoms with van der Waals surface area (Å²) in [7, 11) is 0. The van der Waals surface area contributed by atoms with Crippen LogP contribution in [0, 0.1) is 5.92 Å². The third kappa shape index (κ3) is 3.20. The van der Waals surface area contributed by atoms with Crippen LogP contribution in [0.15, 0.2) is 0 Å². The second-order valence-electron chi connectivity index (χ2n) is 4.58. The molecule has 0 aromatic heterocycles. The lowest BCUT2D eigenvalue weighted by molar-refractivity contribution is -0.147. The number of unbranched alkanes of at least 4 members (excludes halogenated alkanes) is 1. The average molecular weight is 228 g/mol. The Hall–Kier alpha value is -1.10. The molecule has 0 aromatic carbocycles. The fourth-order valence-electron chi connectivity index (χ4n) is 1.77. The smallest absolute Gasteiger partial charge is 0.329 e. The Bertz CT molecular complexity index is 276. The van der Waals surface area contributed by atoms with Crippen LogP contribution in [0.3, 0.4) is 0 Å². The van der Waals surface area contributed by atoms with Crippen molar-refractivity contribution in [2.24, 2.45) is 11.7 Å². The molecule has 1 atom stereocenters. The predicted octanol–water partition coefficient (Wildman–Crippen LogP) is 0.485. The maximum Gasteiger partial charge on any atom is 0.329 e. The van der Waals surface area contributed by atoms with E-state index in [2.05, 4.69) is 5.32 Å². The number of carbonyl (C=O) groups is 2. The van der Waals surface area contributed by atoms with Crippen LogP contribution in [0.5, 0.6) is 0 Å². The van der Waals surface area contributed by atoms with Crippen molar-refractivity contribution < 1.29 is 14.7 Å². The van der Waals surface area contributed by atoms with Gasteiger partial charge in [0.25, 0.3) is 0 Å². The zero-order valence-electron chi connectivity index (χ0n) is 9.66. The van der Waals surface area contributed by atoms with Crippen molar-refractivity contribution in [3.63, 3.8) is 0 Å². The minimum absolute atomic E-state index is 0.0865. The summed E-state index contributed by atoms with van der Waals surface area (Å²) < 4.78 is 0.